The lowest BCUT2D eigenvalue weighted by atomic mass is 10.1. The van der Waals surface area contributed by atoms with E-state index in [2.05, 4.69) is 26.6 Å². The number of hydrogen-bond acceptors (Lipinski definition) is 4. The summed E-state index contributed by atoms with van der Waals surface area (Å²) in [5.41, 5.74) is 1.14. The topological polar surface area (TPSA) is 71.3 Å². The largest absolute Gasteiger partial charge is 0.457 e. The van der Waals surface area contributed by atoms with Gasteiger partial charge in [-0.25, -0.2) is 0 Å². The van der Waals surface area contributed by atoms with Crippen LogP contribution in [-0.4, -0.2) is 17.4 Å². The first kappa shape index (κ1) is 24.3. The molecule has 0 saturated heterocycles. The molecule has 2 amide bonds. The SMILES string of the molecule is CC(C)(C)NC(=O)c1sc2c(NC(=O)/C=C/c3ccc(-c4ccc(Br)cc4)o3)cccc2c1Cl. The quantitative estimate of drug-likeness (QED) is 0.246. The van der Waals surface area contributed by atoms with Crippen LogP contribution in [0.25, 0.3) is 27.5 Å². The van der Waals surface area contributed by atoms with Crippen molar-refractivity contribution in [1.82, 2.24) is 5.32 Å². The minimum absolute atomic E-state index is 0.240. The number of rotatable bonds is 5. The van der Waals surface area contributed by atoms with Gasteiger partial charge >= 0.3 is 0 Å². The fraction of sp³-hybridized carbons (Fsp3) is 0.154. The normalized spacial score (nSPS) is 11.8. The van der Waals surface area contributed by atoms with Gasteiger partial charge in [0.05, 0.1) is 15.4 Å². The molecule has 2 aromatic carbocycles. The van der Waals surface area contributed by atoms with Gasteiger partial charge < -0.3 is 15.1 Å². The molecule has 0 aliphatic rings. The van der Waals surface area contributed by atoms with Gasteiger partial charge in [0.25, 0.3) is 5.91 Å². The van der Waals surface area contributed by atoms with Gasteiger partial charge in [-0.15, -0.1) is 11.3 Å². The number of thiophene rings is 1. The van der Waals surface area contributed by atoms with Crippen LogP contribution in [0.4, 0.5) is 5.69 Å². The molecule has 0 aliphatic heterocycles. The lowest BCUT2D eigenvalue weighted by molar-refractivity contribution is -0.111. The molecule has 2 heterocycles. The zero-order valence-corrected chi connectivity index (χ0v) is 21.9. The fourth-order valence-corrected chi connectivity index (χ4v) is 5.01. The highest BCUT2D eigenvalue weighted by atomic mass is 79.9. The molecule has 2 aromatic heterocycles. The van der Waals surface area contributed by atoms with E-state index in [-0.39, 0.29) is 17.4 Å². The Morgan fingerprint density at radius 3 is 2.50 bits per heavy atom. The maximum absolute atomic E-state index is 12.7. The molecule has 0 unspecified atom stereocenters. The van der Waals surface area contributed by atoms with Gasteiger partial charge in [0.2, 0.25) is 5.91 Å². The average Bonchev–Trinajstić information content (AvgIpc) is 3.37. The highest BCUT2D eigenvalue weighted by Gasteiger charge is 2.22. The summed E-state index contributed by atoms with van der Waals surface area (Å²) in [5.74, 6) is 0.716. The van der Waals surface area contributed by atoms with Crippen LogP contribution in [0.2, 0.25) is 5.02 Å². The van der Waals surface area contributed by atoms with E-state index < -0.39 is 0 Å². The molecule has 0 bridgehead atoms. The van der Waals surface area contributed by atoms with E-state index in [1.54, 1.807) is 24.3 Å². The lowest BCUT2D eigenvalue weighted by Crippen LogP contribution is -2.40. The number of hydrogen-bond donors (Lipinski definition) is 2. The Bertz CT molecular complexity index is 1400. The minimum Gasteiger partial charge on any atom is -0.457 e. The number of nitrogens with one attached hydrogen (secondary N) is 2. The number of anilines is 1. The van der Waals surface area contributed by atoms with Gasteiger partial charge in [0.15, 0.2) is 0 Å². The summed E-state index contributed by atoms with van der Waals surface area (Å²) in [6.45, 7) is 5.72. The Balaban J connectivity index is 1.51. The van der Waals surface area contributed by atoms with Crippen molar-refractivity contribution < 1.29 is 14.0 Å². The molecule has 0 aliphatic carbocycles. The smallest absolute Gasteiger partial charge is 0.263 e. The summed E-state index contributed by atoms with van der Waals surface area (Å²) in [6.07, 6.45) is 3.02. The highest BCUT2D eigenvalue weighted by Crippen LogP contribution is 2.39. The zero-order valence-electron chi connectivity index (χ0n) is 18.7. The van der Waals surface area contributed by atoms with E-state index >= 15 is 0 Å². The average molecular weight is 558 g/mol. The third-order valence-electron chi connectivity index (χ3n) is 4.76. The first-order valence-electron chi connectivity index (χ1n) is 10.5. The molecule has 5 nitrogen and oxygen atoms in total. The molecule has 2 N–H and O–H groups in total. The highest BCUT2D eigenvalue weighted by molar-refractivity contribution is 9.10. The summed E-state index contributed by atoms with van der Waals surface area (Å²) in [4.78, 5) is 25.7. The number of carbonyl (C=O) groups excluding carboxylic acids is 2. The third-order valence-corrected chi connectivity index (χ3v) is 7.03. The van der Waals surface area contributed by atoms with Gasteiger partial charge in [0.1, 0.15) is 16.4 Å². The van der Waals surface area contributed by atoms with Crippen molar-refractivity contribution in [2.75, 3.05) is 5.32 Å². The monoisotopic (exact) mass is 556 g/mol. The van der Waals surface area contributed by atoms with Gasteiger partial charge in [-0.1, -0.05) is 51.8 Å². The number of furan rings is 1. The molecule has 0 atom stereocenters. The van der Waals surface area contributed by atoms with Gasteiger partial charge in [0, 0.05) is 27.0 Å². The van der Waals surface area contributed by atoms with E-state index in [1.165, 1.54) is 17.4 Å². The number of amides is 2. The van der Waals surface area contributed by atoms with Crippen molar-refractivity contribution >= 4 is 72.5 Å². The van der Waals surface area contributed by atoms with Crippen LogP contribution in [-0.2, 0) is 4.79 Å². The molecule has 0 spiro atoms. The predicted octanol–water partition coefficient (Wildman–Crippen LogP) is 7.76. The first-order chi connectivity index (χ1) is 16.1. The van der Waals surface area contributed by atoms with Crippen molar-refractivity contribution in [3.8, 4) is 11.3 Å². The summed E-state index contributed by atoms with van der Waals surface area (Å²) in [5, 5.41) is 6.90. The van der Waals surface area contributed by atoms with Crippen molar-refractivity contribution in [1.29, 1.82) is 0 Å². The summed E-state index contributed by atoms with van der Waals surface area (Å²) < 4.78 is 7.55. The number of benzene rings is 2. The van der Waals surface area contributed by atoms with Crippen LogP contribution in [0.3, 0.4) is 0 Å². The molecule has 4 rings (SSSR count). The molecule has 0 fully saturated rings. The standard InChI is InChI=1S/C26H22BrClN2O3S/c1-26(2,3)30-25(32)24-22(28)18-5-4-6-19(23(18)34-24)29-21(31)14-12-17-11-13-20(33-17)15-7-9-16(27)10-8-15/h4-14H,1-3H3,(H,29,31)(H,30,32)/b14-12+. The fourth-order valence-electron chi connectivity index (χ4n) is 3.27. The summed E-state index contributed by atoms with van der Waals surface area (Å²) in [6, 6.07) is 16.9. The first-order valence-corrected chi connectivity index (χ1v) is 12.5. The second kappa shape index (κ2) is 9.78. The Hall–Kier alpha value is -2.87. The Morgan fingerprint density at radius 1 is 1.06 bits per heavy atom. The summed E-state index contributed by atoms with van der Waals surface area (Å²) in [7, 11) is 0. The van der Waals surface area contributed by atoms with Crippen LogP contribution in [0.15, 0.2) is 69.6 Å². The lowest BCUT2D eigenvalue weighted by Gasteiger charge is -2.19. The molecule has 0 saturated carbocycles. The van der Waals surface area contributed by atoms with Gasteiger partial charge in [-0.2, -0.15) is 0 Å². The Morgan fingerprint density at radius 2 is 1.79 bits per heavy atom. The molecule has 34 heavy (non-hydrogen) atoms. The van der Waals surface area contributed by atoms with Crippen molar-refractivity contribution in [3.05, 3.63) is 80.8 Å². The predicted molar refractivity (Wildman–Crippen MR) is 144 cm³/mol. The van der Waals surface area contributed by atoms with Crippen LogP contribution in [0.1, 0.15) is 36.2 Å². The molecule has 0 radical (unpaired) electrons. The van der Waals surface area contributed by atoms with E-state index in [0.717, 1.165) is 20.1 Å². The molecule has 174 valence electrons. The van der Waals surface area contributed by atoms with Crippen molar-refractivity contribution in [3.63, 3.8) is 0 Å². The molecular weight excluding hydrogens is 536 g/mol. The van der Waals surface area contributed by atoms with E-state index in [9.17, 15) is 9.59 Å². The molecule has 8 heteroatoms. The molecular formula is C26H22BrClN2O3S. The van der Waals surface area contributed by atoms with Crippen LogP contribution >= 0.6 is 38.9 Å². The third kappa shape index (κ3) is 5.60. The zero-order chi connectivity index (χ0) is 24.5. The maximum atomic E-state index is 12.7. The Kier molecular flexibility index (Phi) is 6.98. The van der Waals surface area contributed by atoms with Gasteiger partial charge in [-0.3, -0.25) is 9.59 Å². The Labute approximate surface area is 214 Å². The van der Waals surface area contributed by atoms with Crippen LogP contribution in [0, 0.1) is 0 Å². The maximum Gasteiger partial charge on any atom is 0.263 e. The molecule has 4 aromatic rings. The summed E-state index contributed by atoms with van der Waals surface area (Å²) >= 11 is 11.2. The van der Waals surface area contributed by atoms with E-state index in [0.29, 0.717) is 27.1 Å². The number of carbonyl (C=O) groups is 2. The number of fused-ring (bicyclic) bond motifs is 1. The van der Waals surface area contributed by atoms with Crippen molar-refractivity contribution in [2.45, 2.75) is 26.3 Å². The van der Waals surface area contributed by atoms with Gasteiger partial charge in [-0.05, 0) is 57.2 Å². The van der Waals surface area contributed by atoms with E-state index in [4.69, 9.17) is 16.0 Å². The van der Waals surface area contributed by atoms with Crippen LogP contribution in [0.5, 0.6) is 0 Å². The minimum atomic E-state index is -0.387. The van der Waals surface area contributed by atoms with E-state index in [1.807, 2.05) is 57.2 Å². The van der Waals surface area contributed by atoms with Crippen LogP contribution < -0.4 is 10.6 Å². The van der Waals surface area contributed by atoms with Crippen molar-refractivity contribution in [2.24, 2.45) is 0 Å². The second-order valence-corrected chi connectivity index (χ2v) is 11.0. The number of halogens is 2. The second-order valence-electron chi connectivity index (χ2n) is 8.66.